The van der Waals surface area contributed by atoms with E-state index in [0.717, 1.165) is 6.08 Å². The zero-order valence-electron chi connectivity index (χ0n) is 6.02. The van der Waals surface area contributed by atoms with Gasteiger partial charge in [0.1, 0.15) is 0 Å². The number of rotatable bonds is 1. The minimum atomic E-state index is -0.509. The Hall–Kier alpha value is -0.340. The molecule has 0 aliphatic carbocycles. The largest absolute Gasteiger partial charge is 0.312 e. The maximum Gasteiger partial charge on any atom is 0.244 e. The highest BCUT2D eigenvalue weighted by molar-refractivity contribution is 6.66. The molecular weight excluding hydrogens is 138 g/mol. The van der Waals surface area contributed by atoms with Crippen LogP contribution in [0, 0.1) is 0 Å². The molecule has 0 atom stereocenters. The third kappa shape index (κ3) is 89.1. The topological polar surface area (TPSA) is 20.3 Å². The van der Waals surface area contributed by atoms with E-state index in [2.05, 4.69) is 6.58 Å². The lowest BCUT2D eigenvalue weighted by Gasteiger charge is -1.90. The fourth-order valence-corrected chi connectivity index (χ4v) is 0. The monoisotopic (exact) mass is 149 g/mol. The average Bonchev–Trinajstić information content (AvgIpc) is 1.65. The molecule has 2 nitrogen and oxygen atoms in total. The number of carbonyl (C=O) groups excluding carboxylic acids is 1. The molecule has 0 aliphatic heterocycles. The fraction of sp³-hybridized carbons (Fsp3) is 0.500. The smallest absolute Gasteiger partial charge is 0.244 e. The van der Waals surface area contributed by atoms with Gasteiger partial charge in [-0.05, 0) is 38.8 Å². The number of allylic oxidation sites excluding steroid dienone is 1. The molecule has 0 saturated heterocycles. The number of nitrogens with zero attached hydrogens (tertiary/aromatic N) is 1. The third-order valence-corrected chi connectivity index (χ3v) is 0.315. The zero-order valence-corrected chi connectivity index (χ0v) is 6.77. The van der Waals surface area contributed by atoms with Gasteiger partial charge in [0.15, 0.2) is 0 Å². The lowest BCUT2D eigenvalue weighted by Crippen LogP contribution is -1.99. The first kappa shape index (κ1) is 11.5. The van der Waals surface area contributed by atoms with E-state index in [4.69, 9.17) is 11.6 Å². The molecule has 0 heterocycles. The Labute approximate surface area is 61.1 Å². The second-order valence-electron chi connectivity index (χ2n) is 1.85. The highest BCUT2D eigenvalue weighted by Gasteiger charge is 1.74. The summed E-state index contributed by atoms with van der Waals surface area (Å²) >= 11 is 4.71. The summed E-state index contributed by atoms with van der Waals surface area (Å²) in [6.07, 6.45) is 1.04. The van der Waals surface area contributed by atoms with E-state index in [0.29, 0.717) is 0 Å². The summed E-state index contributed by atoms with van der Waals surface area (Å²) < 4.78 is 0. The van der Waals surface area contributed by atoms with Gasteiger partial charge < -0.3 is 4.90 Å². The summed E-state index contributed by atoms with van der Waals surface area (Å²) in [4.78, 5) is 11.5. The maximum absolute atomic E-state index is 9.46. The minimum Gasteiger partial charge on any atom is -0.312 e. The molecule has 0 N–H and O–H groups in total. The molecule has 0 radical (unpaired) electrons. The summed E-state index contributed by atoms with van der Waals surface area (Å²) in [7, 11) is 6.00. The number of hydrogen-bond donors (Lipinski definition) is 0. The first-order chi connectivity index (χ1) is 4.00. The Morgan fingerprint density at radius 2 is 1.67 bits per heavy atom. The Kier molecular flexibility index (Phi) is 9.75. The Bertz CT molecular complexity index is 88.3. The summed E-state index contributed by atoms with van der Waals surface area (Å²) in [5.74, 6) is 0. The molecule has 0 rings (SSSR count). The van der Waals surface area contributed by atoms with Crippen molar-refractivity contribution in [2.24, 2.45) is 0 Å². The molecule has 0 bridgehead atoms. The van der Waals surface area contributed by atoms with Crippen LogP contribution in [0.5, 0.6) is 0 Å². The van der Waals surface area contributed by atoms with Crippen molar-refractivity contribution in [3.8, 4) is 0 Å². The van der Waals surface area contributed by atoms with Crippen LogP contribution in [-0.2, 0) is 4.79 Å². The lowest BCUT2D eigenvalue weighted by atomic mass is 10.7. The highest BCUT2D eigenvalue weighted by atomic mass is 35.5. The van der Waals surface area contributed by atoms with Crippen molar-refractivity contribution in [2.45, 2.75) is 0 Å². The van der Waals surface area contributed by atoms with Crippen LogP contribution in [-0.4, -0.2) is 31.3 Å². The van der Waals surface area contributed by atoms with E-state index in [1.807, 2.05) is 26.0 Å². The molecule has 0 saturated carbocycles. The van der Waals surface area contributed by atoms with Crippen molar-refractivity contribution >= 4 is 16.8 Å². The highest BCUT2D eigenvalue weighted by Crippen LogP contribution is 1.74. The standard InChI is InChI=1S/C3H3ClO.C3H9N/c1-2-3(4)5;1-4(2)3/h2H,1H2;1-3H3. The maximum atomic E-state index is 9.46. The zero-order chi connectivity index (χ0) is 7.86. The first-order valence-electron chi connectivity index (χ1n) is 2.43. The van der Waals surface area contributed by atoms with Crippen molar-refractivity contribution in [2.75, 3.05) is 21.1 Å². The number of carbonyl (C=O) groups is 1. The molecule has 0 fully saturated rings. The van der Waals surface area contributed by atoms with E-state index >= 15 is 0 Å². The Morgan fingerprint density at radius 3 is 1.67 bits per heavy atom. The van der Waals surface area contributed by atoms with E-state index in [-0.39, 0.29) is 0 Å². The van der Waals surface area contributed by atoms with Crippen LogP contribution in [0.1, 0.15) is 0 Å². The first-order valence-corrected chi connectivity index (χ1v) is 2.81. The predicted molar refractivity (Wildman–Crippen MR) is 40.7 cm³/mol. The van der Waals surface area contributed by atoms with Gasteiger partial charge in [-0.15, -0.1) is 0 Å². The van der Waals surface area contributed by atoms with Crippen LogP contribution >= 0.6 is 11.6 Å². The summed E-state index contributed by atoms with van der Waals surface area (Å²) in [6.45, 7) is 3.08. The second-order valence-corrected chi connectivity index (χ2v) is 2.22. The molecular formula is C6H12ClNO. The average molecular weight is 150 g/mol. The van der Waals surface area contributed by atoms with Crippen molar-refractivity contribution in [1.82, 2.24) is 4.90 Å². The van der Waals surface area contributed by atoms with Gasteiger partial charge in [-0.3, -0.25) is 4.79 Å². The lowest BCUT2D eigenvalue weighted by molar-refractivity contribution is -0.107. The molecule has 0 aromatic heterocycles. The molecule has 9 heavy (non-hydrogen) atoms. The summed E-state index contributed by atoms with van der Waals surface area (Å²) in [5, 5.41) is -0.509. The second kappa shape index (κ2) is 7.66. The van der Waals surface area contributed by atoms with Crippen molar-refractivity contribution in [3.05, 3.63) is 12.7 Å². The van der Waals surface area contributed by atoms with Crippen LogP contribution in [0.2, 0.25) is 0 Å². The van der Waals surface area contributed by atoms with Crippen molar-refractivity contribution < 1.29 is 4.79 Å². The van der Waals surface area contributed by atoms with Gasteiger partial charge in [0.25, 0.3) is 0 Å². The van der Waals surface area contributed by atoms with E-state index in [1.165, 1.54) is 0 Å². The van der Waals surface area contributed by atoms with Crippen molar-refractivity contribution in [3.63, 3.8) is 0 Å². The van der Waals surface area contributed by atoms with Crippen LogP contribution in [0.25, 0.3) is 0 Å². The van der Waals surface area contributed by atoms with Gasteiger partial charge in [0.2, 0.25) is 5.24 Å². The third-order valence-electron chi connectivity index (χ3n) is 0.160. The van der Waals surface area contributed by atoms with E-state index in [1.54, 1.807) is 0 Å². The molecule has 0 spiro atoms. The quantitative estimate of drug-likeness (QED) is 0.411. The minimum absolute atomic E-state index is 0.509. The van der Waals surface area contributed by atoms with Crippen LogP contribution < -0.4 is 0 Å². The van der Waals surface area contributed by atoms with Crippen molar-refractivity contribution in [1.29, 1.82) is 0 Å². The van der Waals surface area contributed by atoms with Gasteiger partial charge in [0, 0.05) is 0 Å². The number of halogens is 1. The molecule has 0 amide bonds. The molecule has 3 heteroatoms. The summed E-state index contributed by atoms with van der Waals surface area (Å²) in [6, 6.07) is 0. The summed E-state index contributed by atoms with van der Waals surface area (Å²) in [5.41, 5.74) is 0. The van der Waals surface area contributed by atoms with Crippen LogP contribution in [0.4, 0.5) is 0 Å². The Morgan fingerprint density at radius 1 is 1.56 bits per heavy atom. The Balaban J connectivity index is 0. The van der Waals surface area contributed by atoms with Gasteiger partial charge in [-0.1, -0.05) is 6.58 Å². The molecule has 0 aromatic rings. The van der Waals surface area contributed by atoms with Gasteiger partial charge in [-0.2, -0.15) is 0 Å². The van der Waals surface area contributed by atoms with Crippen LogP contribution in [0.3, 0.4) is 0 Å². The van der Waals surface area contributed by atoms with Gasteiger partial charge >= 0.3 is 0 Å². The molecule has 0 aliphatic rings. The fourth-order valence-electron chi connectivity index (χ4n) is 0. The number of hydrogen-bond acceptors (Lipinski definition) is 2. The SMILES string of the molecule is C=CC(=O)Cl.CN(C)C. The van der Waals surface area contributed by atoms with E-state index in [9.17, 15) is 4.79 Å². The van der Waals surface area contributed by atoms with Gasteiger partial charge in [0.05, 0.1) is 0 Å². The normalized spacial score (nSPS) is 7.67. The predicted octanol–water partition coefficient (Wildman–Crippen LogP) is 1.12. The van der Waals surface area contributed by atoms with Gasteiger partial charge in [-0.25, -0.2) is 0 Å². The molecule has 0 aromatic carbocycles. The van der Waals surface area contributed by atoms with E-state index < -0.39 is 5.24 Å². The molecule has 0 unspecified atom stereocenters. The van der Waals surface area contributed by atoms with Crippen LogP contribution in [0.15, 0.2) is 12.7 Å². The molecule has 54 valence electrons.